The van der Waals surface area contributed by atoms with Gasteiger partial charge in [-0.1, -0.05) is 12.1 Å². The second-order valence-corrected chi connectivity index (χ2v) is 5.04. The van der Waals surface area contributed by atoms with Gasteiger partial charge in [-0.15, -0.1) is 11.6 Å². The van der Waals surface area contributed by atoms with Crippen molar-refractivity contribution in [2.24, 2.45) is 0 Å². The third kappa shape index (κ3) is 4.39. The van der Waals surface area contributed by atoms with Gasteiger partial charge in [0.2, 0.25) is 5.91 Å². The molecule has 0 N–H and O–H groups in total. The summed E-state index contributed by atoms with van der Waals surface area (Å²) in [5.74, 6) is 0.628. The summed E-state index contributed by atoms with van der Waals surface area (Å²) in [5, 5.41) is 0. The zero-order chi connectivity index (χ0) is 15.1. The third-order valence-electron chi connectivity index (χ3n) is 3.16. The third-order valence-corrected chi connectivity index (χ3v) is 3.39. The summed E-state index contributed by atoms with van der Waals surface area (Å²) >= 11 is 5.69. The molecule has 1 amide bonds. The van der Waals surface area contributed by atoms with Crippen LogP contribution in [0.3, 0.4) is 0 Å². The average Bonchev–Trinajstić information content (AvgIpc) is 2.45. The number of hydrogen-bond acceptors (Lipinski definition) is 3. The van der Waals surface area contributed by atoms with Crippen molar-refractivity contribution >= 4 is 17.5 Å². The lowest BCUT2D eigenvalue weighted by Crippen LogP contribution is -2.41. The highest BCUT2D eigenvalue weighted by Crippen LogP contribution is 2.22. The number of nitrogens with zero attached hydrogens (tertiary/aromatic N) is 1. The number of hydrogen-bond donors (Lipinski definition) is 0. The van der Waals surface area contributed by atoms with Crippen LogP contribution in [0.4, 0.5) is 0 Å². The SMILES string of the molecule is COCC(C)N(Cc1ccc(C)cc1OC)C(=O)CCl. The van der Waals surface area contributed by atoms with E-state index >= 15 is 0 Å². The Morgan fingerprint density at radius 2 is 2.10 bits per heavy atom. The first-order chi connectivity index (χ1) is 9.53. The molecule has 1 aromatic rings. The molecule has 0 saturated carbocycles. The number of carbonyl (C=O) groups is 1. The van der Waals surface area contributed by atoms with Crippen LogP contribution in [0.2, 0.25) is 0 Å². The molecule has 0 bridgehead atoms. The van der Waals surface area contributed by atoms with Crippen LogP contribution in [0.25, 0.3) is 0 Å². The lowest BCUT2D eigenvalue weighted by molar-refractivity contribution is -0.132. The molecule has 0 spiro atoms. The molecular formula is C15H22ClNO3. The van der Waals surface area contributed by atoms with E-state index in [2.05, 4.69) is 0 Å². The molecule has 1 atom stereocenters. The van der Waals surface area contributed by atoms with Crippen LogP contribution in [0.5, 0.6) is 5.75 Å². The number of aryl methyl sites for hydroxylation is 1. The number of carbonyl (C=O) groups excluding carboxylic acids is 1. The molecule has 0 fully saturated rings. The summed E-state index contributed by atoms with van der Waals surface area (Å²) in [6, 6.07) is 5.89. The molecule has 0 radical (unpaired) electrons. The number of halogens is 1. The van der Waals surface area contributed by atoms with E-state index in [1.54, 1.807) is 19.1 Å². The van der Waals surface area contributed by atoms with Crippen LogP contribution >= 0.6 is 11.6 Å². The average molecular weight is 300 g/mol. The Kier molecular flexibility index (Phi) is 6.82. The standard InChI is InChI=1S/C15H22ClNO3/c1-11-5-6-13(14(7-11)20-4)9-17(15(18)8-16)12(2)10-19-3/h5-7,12H,8-10H2,1-4H3. The van der Waals surface area contributed by atoms with Gasteiger partial charge in [0.15, 0.2) is 0 Å². The number of methoxy groups -OCH3 is 2. The topological polar surface area (TPSA) is 38.8 Å². The molecule has 1 unspecified atom stereocenters. The fourth-order valence-corrected chi connectivity index (χ4v) is 2.22. The van der Waals surface area contributed by atoms with Crippen molar-refractivity contribution in [1.82, 2.24) is 4.90 Å². The Morgan fingerprint density at radius 3 is 2.65 bits per heavy atom. The summed E-state index contributed by atoms with van der Waals surface area (Å²) in [4.78, 5) is 13.7. The maximum Gasteiger partial charge on any atom is 0.238 e. The maximum absolute atomic E-state index is 12.0. The van der Waals surface area contributed by atoms with Crippen molar-refractivity contribution in [3.8, 4) is 5.75 Å². The molecule has 5 heteroatoms. The molecule has 0 aliphatic carbocycles. The van der Waals surface area contributed by atoms with Gasteiger partial charge in [0.25, 0.3) is 0 Å². The van der Waals surface area contributed by atoms with Gasteiger partial charge in [0.1, 0.15) is 11.6 Å². The van der Waals surface area contributed by atoms with E-state index in [4.69, 9.17) is 21.1 Å². The van der Waals surface area contributed by atoms with Crippen molar-refractivity contribution in [2.45, 2.75) is 26.4 Å². The molecule has 112 valence electrons. The number of alkyl halides is 1. The van der Waals surface area contributed by atoms with Crippen molar-refractivity contribution in [1.29, 1.82) is 0 Å². The normalized spacial score (nSPS) is 12.1. The predicted molar refractivity (Wildman–Crippen MR) is 80.3 cm³/mol. The Labute approximate surface area is 125 Å². The van der Waals surface area contributed by atoms with Gasteiger partial charge in [-0.05, 0) is 25.5 Å². The number of benzene rings is 1. The van der Waals surface area contributed by atoms with E-state index in [1.807, 2.05) is 32.0 Å². The monoisotopic (exact) mass is 299 g/mol. The largest absolute Gasteiger partial charge is 0.496 e. The zero-order valence-electron chi connectivity index (χ0n) is 12.5. The summed E-state index contributed by atoms with van der Waals surface area (Å²) in [7, 11) is 3.25. The highest BCUT2D eigenvalue weighted by Gasteiger charge is 2.21. The highest BCUT2D eigenvalue weighted by molar-refractivity contribution is 6.27. The van der Waals surface area contributed by atoms with Gasteiger partial charge < -0.3 is 14.4 Å². The van der Waals surface area contributed by atoms with E-state index in [-0.39, 0.29) is 17.8 Å². The molecule has 1 aromatic carbocycles. The second-order valence-electron chi connectivity index (χ2n) is 4.77. The molecule has 4 nitrogen and oxygen atoms in total. The maximum atomic E-state index is 12.0. The molecule has 20 heavy (non-hydrogen) atoms. The van der Waals surface area contributed by atoms with Crippen LogP contribution in [-0.2, 0) is 16.1 Å². The lowest BCUT2D eigenvalue weighted by Gasteiger charge is -2.29. The first-order valence-corrected chi connectivity index (χ1v) is 7.04. The Balaban J connectivity index is 2.97. The van der Waals surface area contributed by atoms with Crippen LogP contribution in [0.1, 0.15) is 18.1 Å². The fourth-order valence-electron chi connectivity index (χ4n) is 2.06. The van der Waals surface area contributed by atoms with Gasteiger partial charge in [-0.25, -0.2) is 0 Å². The van der Waals surface area contributed by atoms with E-state index in [0.29, 0.717) is 13.2 Å². The Morgan fingerprint density at radius 1 is 1.40 bits per heavy atom. The quantitative estimate of drug-likeness (QED) is 0.727. The molecular weight excluding hydrogens is 278 g/mol. The molecule has 1 rings (SSSR count). The van der Waals surface area contributed by atoms with E-state index in [1.165, 1.54) is 0 Å². The van der Waals surface area contributed by atoms with Crippen LogP contribution in [-0.4, -0.2) is 43.6 Å². The molecule has 0 aromatic heterocycles. The second kappa shape index (κ2) is 8.12. The zero-order valence-corrected chi connectivity index (χ0v) is 13.2. The predicted octanol–water partition coefficient (Wildman–Crippen LogP) is 2.61. The molecule has 0 heterocycles. The first kappa shape index (κ1) is 16.8. The van der Waals surface area contributed by atoms with Crippen LogP contribution in [0, 0.1) is 6.92 Å². The first-order valence-electron chi connectivity index (χ1n) is 6.51. The summed E-state index contributed by atoms with van der Waals surface area (Å²) in [5.41, 5.74) is 2.07. The van der Waals surface area contributed by atoms with E-state index < -0.39 is 0 Å². The summed E-state index contributed by atoms with van der Waals surface area (Å²) in [6.07, 6.45) is 0. The van der Waals surface area contributed by atoms with Gasteiger partial charge in [-0.3, -0.25) is 4.79 Å². The smallest absolute Gasteiger partial charge is 0.238 e. The Bertz CT molecular complexity index is 451. The van der Waals surface area contributed by atoms with Crippen molar-refractivity contribution < 1.29 is 14.3 Å². The minimum absolute atomic E-state index is 0.0395. The molecule has 0 aliphatic heterocycles. The van der Waals surface area contributed by atoms with Crippen molar-refractivity contribution in [2.75, 3.05) is 26.7 Å². The minimum Gasteiger partial charge on any atom is -0.496 e. The van der Waals surface area contributed by atoms with Crippen LogP contribution < -0.4 is 4.74 Å². The Hall–Kier alpha value is -1.26. The lowest BCUT2D eigenvalue weighted by atomic mass is 10.1. The molecule has 0 aliphatic rings. The van der Waals surface area contributed by atoms with Crippen LogP contribution in [0.15, 0.2) is 18.2 Å². The van der Waals surface area contributed by atoms with Gasteiger partial charge >= 0.3 is 0 Å². The van der Waals surface area contributed by atoms with Gasteiger partial charge in [0.05, 0.1) is 19.8 Å². The van der Waals surface area contributed by atoms with Crippen molar-refractivity contribution in [3.05, 3.63) is 29.3 Å². The summed E-state index contributed by atoms with van der Waals surface area (Å²) in [6.45, 7) is 4.87. The molecule has 0 saturated heterocycles. The van der Waals surface area contributed by atoms with Crippen molar-refractivity contribution in [3.63, 3.8) is 0 Å². The van der Waals surface area contributed by atoms with E-state index in [9.17, 15) is 4.79 Å². The van der Waals surface area contributed by atoms with Gasteiger partial charge in [0, 0.05) is 19.2 Å². The number of ether oxygens (including phenoxy) is 2. The number of rotatable bonds is 7. The summed E-state index contributed by atoms with van der Waals surface area (Å²) < 4.78 is 10.5. The van der Waals surface area contributed by atoms with Gasteiger partial charge in [-0.2, -0.15) is 0 Å². The highest BCUT2D eigenvalue weighted by atomic mass is 35.5. The number of amides is 1. The minimum atomic E-state index is -0.112. The fraction of sp³-hybridized carbons (Fsp3) is 0.533. The van der Waals surface area contributed by atoms with E-state index in [0.717, 1.165) is 16.9 Å².